The van der Waals surface area contributed by atoms with E-state index in [1.54, 1.807) is 6.26 Å². The lowest BCUT2D eigenvalue weighted by atomic mass is 10.1. The van der Waals surface area contributed by atoms with Crippen LogP contribution in [0.1, 0.15) is 45.3 Å². The third-order valence-corrected chi connectivity index (χ3v) is 4.32. The van der Waals surface area contributed by atoms with Gasteiger partial charge in [0, 0.05) is 18.5 Å². The number of nitrogens with one attached hydrogen (secondary N) is 1. The molecule has 1 saturated heterocycles. The summed E-state index contributed by atoms with van der Waals surface area (Å²) in [7, 11) is 0. The molecule has 1 fully saturated rings. The van der Waals surface area contributed by atoms with Crippen LogP contribution in [-0.4, -0.2) is 36.6 Å². The summed E-state index contributed by atoms with van der Waals surface area (Å²) in [5.41, 5.74) is 0. The minimum Gasteiger partial charge on any atom is -0.469 e. The summed E-state index contributed by atoms with van der Waals surface area (Å²) in [5.74, 6) is 1.12. The van der Waals surface area contributed by atoms with Crippen molar-refractivity contribution in [2.24, 2.45) is 0 Å². The predicted molar refractivity (Wildman–Crippen MR) is 79.4 cm³/mol. The SMILES string of the molecule is CCC1CCN(C(C)CCc2ccco2)CCCN1. The van der Waals surface area contributed by atoms with Gasteiger partial charge in [-0.05, 0) is 64.4 Å². The molecular formula is C16H28N2O. The number of nitrogens with zero attached hydrogens (tertiary/aromatic N) is 1. The average Bonchev–Trinajstić information content (AvgIpc) is 2.89. The highest BCUT2D eigenvalue weighted by Crippen LogP contribution is 2.13. The van der Waals surface area contributed by atoms with Gasteiger partial charge in [0.15, 0.2) is 0 Å². The van der Waals surface area contributed by atoms with Gasteiger partial charge >= 0.3 is 0 Å². The highest BCUT2D eigenvalue weighted by molar-refractivity contribution is 4.98. The number of rotatable bonds is 5. The van der Waals surface area contributed by atoms with Gasteiger partial charge in [-0.3, -0.25) is 0 Å². The Morgan fingerprint density at radius 2 is 2.37 bits per heavy atom. The van der Waals surface area contributed by atoms with E-state index in [0.29, 0.717) is 12.1 Å². The Morgan fingerprint density at radius 1 is 1.47 bits per heavy atom. The summed E-state index contributed by atoms with van der Waals surface area (Å²) in [6.07, 6.45) is 7.81. The van der Waals surface area contributed by atoms with Crippen LogP contribution < -0.4 is 5.32 Å². The summed E-state index contributed by atoms with van der Waals surface area (Å²) in [6.45, 7) is 8.26. The van der Waals surface area contributed by atoms with Gasteiger partial charge in [-0.15, -0.1) is 0 Å². The molecule has 2 rings (SSSR count). The molecule has 3 heteroatoms. The summed E-state index contributed by atoms with van der Waals surface area (Å²) in [6, 6.07) is 5.42. The molecule has 1 aromatic rings. The van der Waals surface area contributed by atoms with E-state index in [-0.39, 0.29) is 0 Å². The second kappa shape index (κ2) is 7.71. The molecule has 1 aliphatic rings. The molecule has 1 aliphatic heterocycles. The molecule has 0 aliphatic carbocycles. The first-order valence-corrected chi connectivity index (χ1v) is 7.79. The third-order valence-electron chi connectivity index (χ3n) is 4.32. The molecule has 2 heterocycles. The van der Waals surface area contributed by atoms with E-state index in [1.165, 1.54) is 45.3 Å². The second-order valence-electron chi connectivity index (χ2n) is 5.70. The highest BCUT2D eigenvalue weighted by Gasteiger charge is 2.18. The van der Waals surface area contributed by atoms with Gasteiger partial charge in [0.25, 0.3) is 0 Å². The molecule has 0 amide bonds. The smallest absolute Gasteiger partial charge is 0.103 e. The minimum atomic E-state index is 0.653. The zero-order valence-corrected chi connectivity index (χ0v) is 12.4. The fourth-order valence-electron chi connectivity index (χ4n) is 2.90. The van der Waals surface area contributed by atoms with E-state index in [0.717, 1.165) is 12.2 Å². The largest absolute Gasteiger partial charge is 0.469 e. The summed E-state index contributed by atoms with van der Waals surface area (Å²) >= 11 is 0. The van der Waals surface area contributed by atoms with Crippen molar-refractivity contribution in [1.29, 1.82) is 0 Å². The van der Waals surface area contributed by atoms with Crippen molar-refractivity contribution < 1.29 is 4.42 Å². The first-order valence-electron chi connectivity index (χ1n) is 7.79. The monoisotopic (exact) mass is 264 g/mol. The van der Waals surface area contributed by atoms with Gasteiger partial charge < -0.3 is 14.6 Å². The van der Waals surface area contributed by atoms with E-state index in [2.05, 4.69) is 30.1 Å². The van der Waals surface area contributed by atoms with Gasteiger partial charge in [-0.1, -0.05) is 6.92 Å². The first kappa shape index (κ1) is 14.6. The molecule has 0 spiro atoms. The molecule has 1 aromatic heterocycles. The molecule has 1 N–H and O–H groups in total. The van der Waals surface area contributed by atoms with Gasteiger partial charge in [0.1, 0.15) is 5.76 Å². The molecule has 0 aromatic carbocycles. The van der Waals surface area contributed by atoms with E-state index >= 15 is 0 Å². The fraction of sp³-hybridized carbons (Fsp3) is 0.750. The second-order valence-corrected chi connectivity index (χ2v) is 5.70. The van der Waals surface area contributed by atoms with E-state index in [9.17, 15) is 0 Å². The Balaban J connectivity index is 1.78. The van der Waals surface area contributed by atoms with Crippen LogP contribution in [0.3, 0.4) is 0 Å². The summed E-state index contributed by atoms with van der Waals surface area (Å²) < 4.78 is 5.42. The molecule has 19 heavy (non-hydrogen) atoms. The highest BCUT2D eigenvalue weighted by atomic mass is 16.3. The molecule has 0 saturated carbocycles. The van der Waals surface area contributed by atoms with Crippen molar-refractivity contribution in [3.63, 3.8) is 0 Å². The number of hydrogen-bond donors (Lipinski definition) is 1. The Kier molecular flexibility index (Phi) is 5.93. The Labute approximate surface area is 117 Å². The van der Waals surface area contributed by atoms with Crippen LogP contribution in [0.25, 0.3) is 0 Å². The molecule has 0 radical (unpaired) electrons. The van der Waals surface area contributed by atoms with Crippen molar-refractivity contribution in [3.05, 3.63) is 24.2 Å². The number of furan rings is 1. The van der Waals surface area contributed by atoms with Crippen LogP contribution in [0.15, 0.2) is 22.8 Å². The maximum atomic E-state index is 5.42. The van der Waals surface area contributed by atoms with Crippen molar-refractivity contribution in [3.8, 4) is 0 Å². The van der Waals surface area contributed by atoms with Crippen molar-refractivity contribution in [2.45, 2.75) is 58.0 Å². The maximum Gasteiger partial charge on any atom is 0.103 e. The maximum absolute atomic E-state index is 5.42. The Hall–Kier alpha value is -0.800. The lowest BCUT2D eigenvalue weighted by Crippen LogP contribution is -2.43. The third kappa shape index (κ3) is 4.66. The zero-order chi connectivity index (χ0) is 13.5. The zero-order valence-electron chi connectivity index (χ0n) is 12.4. The van der Waals surface area contributed by atoms with Crippen LogP contribution in [0.2, 0.25) is 0 Å². The van der Waals surface area contributed by atoms with Crippen LogP contribution in [0.4, 0.5) is 0 Å². The molecule has 3 nitrogen and oxygen atoms in total. The topological polar surface area (TPSA) is 28.4 Å². The average molecular weight is 264 g/mol. The minimum absolute atomic E-state index is 0.653. The molecular weight excluding hydrogens is 236 g/mol. The van der Waals surface area contributed by atoms with Crippen molar-refractivity contribution in [2.75, 3.05) is 19.6 Å². The number of aryl methyl sites for hydroxylation is 1. The van der Waals surface area contributed by atoms with Crippen molar-refractivity contribution in [1.82, 2.24) is 10.2 Å². The standard InChI is InChI=1S/C16H28N2O/c1-3-15-9-12-18(11-5-10-17-15)14(2)7-8-16-6-4-13-19-16/h4,6,13-15,17H,3,5,7-12H2,1-2H3. The Morgan fingerprint density at radius 3 is 3.11 bits per heavy atom. The first-order chi connectivity index (χ1) is 9.29. The lowest BCUT2D eigenvalue weighted by Gasteiger charge is -2.33. The lowest BCUT2D eigenvalue weighted by molar-refractivity contribution is 0.172. The van der Waals surface area contributed by atoms with Crippen molar-refractivity contribution >= 4 is 0 Å². The quantitative estimate of drug-likeness (QED) is 0.886. The normalized spacial score (nSPS) is 23.8. The van der Waals surface area contributed by atoms with Gasteiger partial charge in [-0.2, -0.15) is 0 Å². The summed E-state index contributed by atoms with van der Waals surface area (Å²) in [4.78, 5) is 2.66. The van der Waals surface area contributed by atoms with Crippen LogP contribution in [-0.2, 0) is 6.42 Å². The van der Waals surface area contributed by atoms with E-state index < -0.39 is 0 Å². The van der Waals surface area contributed by atoms with Gasteiger partial charge in [-0.25, -0.2) is 0 Å². The molecule has 108 valence electrons. The molecule has 2 unspecified atom stereocenters. The summed E-state index contributed by atoms with van der Waals surface area (Å²) in [5, 5.41) is 3.64. The van der Waals surface area contributed by atoms with E-state index in [1.807, 2.05) is 6.07 Å². The predicted octanol–water partition coefficient (Wildman–Crippen LogP) is 3.06. The van der Waals surface area contributed by atoms with Crippen LogP contribution in [0, 0.1) is 0 Å². The fourth-order valence-corrected chi connectivity index (χ4v) is 2.90. The molecule has 0 bridgehead atoms. The van der Waals surface area contributed by atoms with Gasteiger partial charge in [0.05, 0.1) is 6.26 Å². The van der Waals surface area contributed by atoms with E-state index in [4.69, 9.17) is 4.42 Å². The number of hydrogen-bond acceptors (Lipinski definition) is 3. The van der Waals surface area contributed by atoms with Crippen LogP contribution >= 0.6 is 0 Å². The van der Waals surface area contributed by atoms with Crippen LogP contribution in [0.5, 0.6) is 0 Å². The molecule has 2 atom stereocenters. The van der Waals surface area contributed by atoms with Gasteiger partial charge in [0.2, 0.25) is 0 Å². The Bertz CT molecular complexity index is 337.